The average Bonchev–Trinajstić information content (AvgIpc) is 3.33. The van der Waals surface area contributed by atoms with Gasteiger partial charge in [0.25, 0.3) is 0 Å². The molecule has 0 radical (unpaired) electrons. The van der Waals surface area contributed by atoms with Gasteiger partial charge >= 0.3 is 110 Å². The molecule has 0 N–H and O–H groups in total. The number of hydrogen-bond donors (Lipinski definition) is 0. The number of benzene rings is 1. The van der Waals surface area contributed by atoms with Gasteiger partial charge in [-0.15, -0.1) is 0 Å². The Bertz CT molecular complexity index is 1070. The topological polar surface area (TPSA) is 0 Å². The van der Waals surface area contributed by atoms with Gasteiger partial charge in [0.05, 0.1) is 0 Å². The molecule has 1 spiro atoms. The molecule has 1 aromatic rings. The Kier molecular flexibility index (Phi) is 0.234. The molecule has 10 saturated heterocycles. The number of rotatable bonds is 1. The third-order valence-electron chi connectivity index (χ3n) is 16.0. The summed E-state index contributed by atoms with van der Waals surface area (Å²) in [5, 5.41) is 0. The van der Waals surface area contributed by atoms with E-state index in [-0.39, 0.29) is 0 Å². The molecule has 11 rings (SSSR count). The predicted octanol–water partition coefficient (Wildman–Crippen LogP) is 5.09. The van der Waals surface area contributed by atoms with E-state index in [1.807, 2.05) is 5.56 Å². The van der Waals surface area contributed by atoms with Gasteiger partial charge in [0.1, 0.15) is 0 Å². The Hall–Kier alpha value is 0.469. The summed E-state index contributed by atoms with van der Waals surface area (Å²) in [5.74, 6) is 0. The van der Waals surface area contributed by atoms with Crippen molar-refractivity contribution in [2.24, 2.45) is 0 Å². The third-order valence-corrected chi connectivity index (χ3v) is 59.0. The van der Waals surface area contributed by atoms with E-state index in [4.69, 9.17) is 0 Å². The Balaban J connectivity index is 1.55. The molecule has 0 nitrogen and oxygen atoms in total. The summed E-state index contributed by atoms with van der Waals surface area (Å²) in [4.78, 5) is 13.1. The molecule has 0 amide bonds. The Morgan fingerprint density at radius 3 is 1.61 bits per heavy atom. The van der Waals surface area contributed by atoms with Crippen LogP contribution in [0.4, 0.5) is 0 Å². The molecule has 92 valence electrons. The van der Waals surface area contributed by atoms with Crippen molar-refractivity contribution in [1.29, 1.82) is 0 Å². The number of hydrogen-bond acceptors (Lipinski definition) is 0. The van der Waals surface area contributed by atoms with Crippen LogP contribution >= 0.6 is 22.6 Å². The van der Waals surface area contributed by atoms with Crippen LogP contribution in [-0.4, -0.2) is 0 Å². The summed E-state index contributed by atoms with van der Waals surface area (Å²) in [5.41, 5.74) is 1.88. The minimum absolute atomic E-state index is 0.976. The zero-order chi connectivity index (χ0) is 11.0. The quantitative estimate of drug-likeness (QED) is 0.465. The Morgan fingerprint density at radius 1 is 0.778 bits per heavy atom. The van der Waals surface area contributed by atoms with Gasteiger partial charge < -0.3 is 0 Å². The van der Waals surface area contributed by atoms with Crippen LogP contribution in [0.2, 0.25) is 43.3 Å². The molecule has 18 heavy (non-hydrogen) atoms. The van der Waals surface area contributed by atoms with E-state index in [0.717, 1.165) is 4.31 Å². The standard InChI is InChI=1S/C11H8I.C5H5.Fe/c12-11-7-5-10(6-8-11)9-3-1-2-4-9;1-2-4-5-3-1;/h1-8H;1-5H;. The SMILES string of the molecule is Ic1ccc([C]23[CH]4[CH]5[CH]6[CH]2[Fe]56432789[CH]3[CH]2[CH]7[CH]8[CH]39)cc1. The summed E-state index contributed by atoms with van der Waals surface area (Å²) in [6.45, 7) is -2.84. The van der Waals surface area contributed by atoms with E-state index in [1.54, 1.807) is 0 Å². The molecular weight excluding hydrogens is 375 g/mol. The van der Waals surface area contributed by atoms with E-state index >= 15 is 0 Å². The normalized spacial score (nSPS) is 113. The predicted molar refractivity (Wildman–Crippen MR) is 74.6 cm³/mol. The average molecular weight is 388 g/mol. The van der Waals surface area contributed by atoms with E-state index in [2.05, 4.69) is 46.9 Å². The molecule has 10 aliphatic rings. The van der Waals surface area contributed by atoms with E-state index in [1.165, 1.54) is 46.9 Å². The van der Waals surface area contributed by atoms with Crippen molar-refractivity contribution in [3.63, 3.8) is 0 Å². The van der Waals surface area contributed by atoms with Crippen LogP contribution in [0.5, 0.6) is 0 Å². The zero-order valence-corrected chi connectivity index (χ0v) is 13.0. The monoisotopic (exact) mass is 388 g/mol. The van der Waals surface area contributed by atoms with Crippen LogP contribution in [0.15, 0.2) is 24.3 Å². The van der Waals surface area contributed by atoms with Gasteiger partial charge in [-0.05, 0) is 0 Å². The van der Waals surface area contributed by atoms with Crippen molar-refractivity contribution in [1.82, 2.24) is 0 Å². The summed E-state index contributed by atoms with van der Waals surface area (Å²) < 4.78 is 2.41. The van der Waals surface area contributed by atoms with Gasteiger partial charge in [0.15, 0.2) is 0 Å². The van der Waals surface area contributed by atoms with Gasteiger partial charge in [0.2, 0.25) is 0 Å². The maximum absolute atomic E-state index is 2.84. The molecule has 0 aromatic heterocycles. The molecule has 1 aromatic carbocycles. The molecule has 0 bridgehead atoms. The molecule has 0 aliphatic carbocycles. The minimum atomic E-state index is -2.84. The van der Waals surface area contributed by atoms with Crippen LogP contribution in [0.3, 0.4) is 0 Å². The fourth-order valence-corrected chi connectivity index (χ4v) is 92.3. The summed E-state index contributed by atoms with van der Waals surface area (Å²) in [7, 11) is 0. The van der Waals surface area contributed by atoms with Gasteiger partial charge in [0, 0.05) is 0 Å². The molecule has 2 heteroatoms. The van der Waals surface area contributed by atoms with E-state index < -0.39 is 6.51 Å². The number of fused-ring (bicyclic) bond motifs is 10. The fourth-order valence-electron chi connectivity index (χ4n) is 17.7. The maximum atomic E-state index is 2.57. The van der Waals surface area contributed by atoms with E-state index in [0.29, 0.717) is 0 Å². The van der Waals surface area contributed by atoms with Crippen LogP contribution in [0, 0.1) is 3.57 Å². The van der Waals surface area contributed by atoms with Crippen molar-refractivity contribution in [2.75, 3.05) is 0 Å². The van der Waals surface area contributed by atoms with E-state index in [9.17, 15) is 0 Å². The molecule has 4 unspecified atom stereocenters. The first-order valence-electron chi connectivity index (χ1n) is 7.52. The second-order valence-corrected chi connectivity index (χ2v) is 36.0. The molecule has 10 heterocycles. The van der Waals surface area contributed by atoms with Crippen molar-refractivity contribution >= 4 is 22.6 Å². The fraction of sp³-hybridized carbons (Fsp3) is 0.625. The van der Waals surface area contributed by atoms with Crippen LogP contribution < -0.4 is 0 Å². The van der Waals surface area contributed by atoms with Crippen molar-refractivity contribution in [2.45, 2.75) is 47.7 Å². The van der Waals surface area contributed by atoms with Gasteiger partial charge in [-0.3, -0.25) is 0 Å². The summed E-state index contributed by atoms with van der Waals surface area (Å²) in [6, 6.07) is 9.95. The van der Waals surface area contributed by atoms with Crippen molar-refractivity contribution in [3.05, 3.63) is 33.4 Å². The van der Waals surface area contributed by atoms with Gasteiger partial charge in [-0.2, -0.15) is 0 Å². The molecule has 10 aliphatic heterocycles. The molecular formula is C16H13FeI. The summed E-state index contributed by atoms with van der Waals surface area (Å²) >= 11 is 2.47. The van der Waals surface area contributed by atoms with Crippen LogP contribution in [0.1, 0.15) is 5.56 Å². The van der Waals surface area contributed by atoms with Crippen LogP contribution in [0.25, 0.3) is 0 Å². The van der Waals surface area contributed by atoms with Gasteiger partial charge in [-0.1, -0.05) is 0 Å². The van der Waals surface area contributed by atoms with Crippen LogP contribution in [-0.2, 0) is 10.8 Å². The van der Waals surface area contributed by atoms with Crippen molar-refractivity contribution in [3.8, 4) is 0 Å². The molecule has 0 saturated carbocycles. The van der Waals surface area contributed by atoms with Gasteiger partial charge in [-0.25, -0.2) is 0 Å². The first-order valence-corrected chi connectivity index (χ1v) is 14.9. The first-order chi connectivity index (χ1) is 8.54. The zero-order valence-electron chi connectivity index (χ0n) is 9.74. The molecule has 4 atom stereocenters. The Labute approximate surface area is 109 Å². The second-order valence-electron chi connectivity index (χ2n) is 11.2. The summed E-state index contributed by atoms with van der Waals surface area (Å²) in [6.07, 6.45) is 0. The number of halogens is 1. The second kappa shape index (κ2) is 0.605. The first kappa shape index (κ1) is 6.95. The molecule has 10 fully saturated rings. The Morgan fingerprint density at radius 2 is 1.28 bits per heavy atom. The third kappa shape index (κ3) is 0.0748. The van der Waals surface area contributed by atoms with Crippen molar-refractivity contribution < 1.29 is 6.51 Å².